The van der Waals surface area contributed by atoms with Gasteiger partial charge >= 0.3 is 0 Å². The van der Waals surface area contributed by atoms with Crippen molar-refractivity contribution in [1.29, 1.82) is 0 Å². The molecule has 12 heavy (non-hydrogen) atoms. The molecule has 3 heteroatoms. The highest BCUT2D eigenvalue weighted by molar-refractivity contribution is 7.99. The summed E-state index contributed by atoms with van der Waals surface area (Å²) >= 11 is 1.85. The number of nitrogens with two attached hydrogens (primary N) is 1. The molecule has 0 fully saturated rings. The highest BCUT2D eigenvalue weighted by Crippen LogP contribution is 2.09. The van der Waals surface area contributed by atoms with Crippen LogP contribution in [0.25, 0.3) is 0 Å². The molecular formula is C9H14N2S. The van der Waals surface area contributed by atoms with Gasteiger partial charge in [0.2, 0.25) is 0 Å². The maximum atomic E-state index is 5.21. The molecule has 3 N–H and O–H groups in total. The number of dihydropyridines is 1. The van der Waals surface area contributed by atoms with Gasteiger partial charge in [-0.25, -0.2) is 0 Å². The van der Waals surface area contributed by atoms with Crippen molar-refractivity contribution < 1.29 is 0 Å². The molecular weight excluding hydrogens is 168 g/mol. The molecule has 0 bridgehead atoms. The highest BCUT2D eigenvalue weighted by atomic mass is 32.2. The lowest BCUT2D eigenvalue weighted by molar-refractivity contribution is 1.01. The van der Waals surface area contributed by atoms with Crippen molar-refractivity contribution in [1.82, 2.24) is 5.32 Å². The van der Waals surface area contributed by atoms with Gasteiger partial charge in [-0.05, 0) is 18.8 Å². The summed E-state index contributed by atoms with van der Waals surface area (Å²) in [6.45, 7) is 0. The van der Waals surface area contributed by atoms with E-state index in [1.807, 2.05) is 24.0 Å². The minimum absolute atomic E-state index is 0.985. The molecule has 0 spiro atoms. The van der Waals surface area contributed by atoms with Crippen molar-refractivity contribution in [3.63, 3.8) is 0 Å². The van der Waals surface area contributed by atoms with Gasteiger partial charge in [0.15, 0.2) is 0 Å². The van der Waals surface area contributed by atoms with Crippen LogP contribution in [0.2, 0.25) is 0 Å². The minimum Gasteiger partial charge on any atom is -0.405 e. The second-order valence-corrected chi connectivity index (χ2v) is 3.49. The molecule has 0 aromatic carbocycles. The molecule has 0 atom stereocenters. The molecule has 0 aromatic heterocycles. The van der Waals surface area contributed by atoms with Crippen molar-refractivity contribution in [2.45, 2.75) is 6.42 Å². The van der Waals surface area contributed by atoms with Crippen molar-refractivity contribution in [2.75, 3.05) is 11.5 Å². The van der Waals surface area contributed by atoms with Gasteiger partial charge in [-0.3, -0.25) is 0 Å². The normalized spacial score (nSPS) is 16.2. The quantitative estimate of drug-likeness (QED) is 0.648. The van der Waals surface area contributed by atoms with E-state index in [9.17, 15) is 0 Å². The molecule has 0 saturated carbocycles. The Labute approximate surface area is 77.6 Å². The third-order valence-corrected chi connectivity index (χ3v) is 2.44. The largest absolute Gasteiger partial charge is 0.405 e. The van der Waals surface area contributed by atoms with Crippen molar-refractivity contribution in [3.8, 4) is 0 Å². The molecule has 1 rings (SSSR count). The first-order valence-electron chi connectivity index (χ1n) is 3.98. The molecule has 0 amide bonds. The van der Waals surface area contributed by atoms with Crippen molar-refractivity contribution in [3.05, 3.63) is 36.3 Å². The molecule has 2 nitrogen and oxygen atoms in total. The maximum Gasteiger partial charge on any atom is 0.0336 e. The summed E-state index contributed by atoms with van der Waals surface area (Å²) in [5.41, 5.74) is 6.51. The number of thioether (sulfide) groups is 1. The average molecular weight is 182 g/mol. The van der Waals surface area contributed by atoms with Crippen molar-refractivity contribution >= 4 is 11.8 Å². The monoisotopic (exact) mass is 182 g/mol. The number of hydrogen-bond donors (Lipinski definition) is 2. The van der Waals surface area contributed by atoms with E-state index in [0.717, 1.165) is 17.9 Å². The van der Waals surface area contributed by atoms with Crippen LogP contribution in [-0.2, 0) is 0 Å². The Hall–Kier alpha value is -0.830. The Morgan fingerprint density at radius 3 is 3.25 bits per heavy atom. The van der Waals surface area contributed by atoms with Gasteiger partial charge in [0.05, 0.1) is 0 Å². The summed E-state index contributed by atoms with van der Waals surface area (Å²) in [7, 11) is 0. The topological polar surface area (TPSA) is 38.0 Å². The van der Waals surface area contributed by atoms with Crippen LogP contribution in [0.1, 0.15) is 6.42 Å². The van der Waals surface area contributed by atoms with E-state index in [1.165, 1.54) is 5.70 Å². The van der Waals surface area contributed by atoms with Gasteiger partial charge in [-0.2, -0.15) is 11.8 Å². The van der Waals surface area contributed by atoms with Gasteiger partial charge < -0.3 is 11.1 Å². The van der Waals surface area contributed by atoms with Gasteiger partial charge in [-0.15, -0.1) is 0 Å². The summed E-state index contributed by atoms with van der Waals surface area (Å²) < 4.78 is 0. The first kappa shape index (κ1) is 9.26. The number of hydrogen-bond acceptors (Lipinski definition) is 3. The molecule has 1 heterocycles. The smallest absolute Gasteiger partial charge is 0.0336 e. The van der Waals surface area contributed by atoms with Crippen LogP contribution < -0.4 is 11.1 Å². The van der Waals surface area contributed by atoms with Crippen LogP contribution in [0.4, 0.5) is 0 Å². The molecule has 0 aliphatic carbocycles. The van der Waals surface area contributed by atoms with E-state index in [4.69, 9.17) is 5.73 Å². The summed E-state index contributed by atoms with van der Waals surface area (Å²) in [6.07, 6.45) is 10.9. The molecule has 1 aliphatic heterocycles. The second kappa shape index (κ2) is 5.77. The third-order valence-electron chi connectivity index (χ3n) is 1.49. The molecule has 0 saturated heterocycles. The fraction of sp³-hybridized carbons (Fsp3) is 0.333. The fourth-order valence-electron chi connectivity index (χ4n) is 0.896. The number of allylic oxidation sites excluding steroid dienone is 2. The van der Waals surface area contributed by atoms with E-state index in [0.29, 0.717) is 0 Å². The summed E-state index contributed by atoms with van der Waals surface area (Å²) in [5.74, 6) is 2.02. The Kier molecular flexibility index (Phi) is 4.46. The maximum absolute atomic E-state index is 5.21. The van der Waals surface area contributed by atoms with E-state index in [1.54, 1.807) is 6.20 Å². The molecule has 0 aromatic rings. The summed E-state index contributed by atoms with van der Waals surface area (Å²) in [6, 6.07) is 0. The standard InChI is InChI=1S/C9H14N2S/c10-5-3-7-12-8-9-4-1-2-6-11-9/h2-6,11H,1,7-8,10H2. The predicted octanol–water partition coefficient (Wildman–Crippen LogP) is 1.58. The van der Waals surface area contributed by atoms with Crippen LogP contribution in [0.5, 0.6) is 0 Å². The minimum atomic E-state index is 0.985. The van der Waals surface area contributed by atoms with Crippen molar-refractivity contribution in [2.24, 2.45) is 5.73 Å². The van der Waals surface area contributed by atoms with Crippen LogP contribution in [0, 0.1) is 0 Å². The van der Waals surface area contributed by atoms with Gasteiger partial charge in [-0.1, -0.05) is 18.2 Å². The van der Waals surface area contributed by atoms with Crippen LogP contribution in [0.15, 0.2) is 36.3 Å². The molecule has 0 unspecified atom stereocenters. The van der Waals surface area contributed by atoms with E-state index < -0.39 is 0 Å². The number of rotatable bonds is 4. The zero-order valence-electron chi connectivity index (χ0n) is 6.99. The molecule has 66 valence electrons. The van der Waals surface area contributed by atoms with E-state index >= 15 is 0 Å². The lowest BCUT2D eigenvalue weighted by Crippen LogP contribution is -2.09. The summed E-state index contributed by atoms with van der Waals surface area (Å²) in [4.78, 5) is 0. The first-order chi connectivity index (χ1) is 5.93. The van der Waals surface area contributed by atoms with E-state index in [-0.39, 0.29) is 0 Å². The van der Waals surface area contributed by atoms with E-state index in [2.05, 4.69) is 17.5 Å². The lowest BCUT2D eigenvalue weighted by atomic mass is 10.3. The second-order valence-electron chi connectivity index (χ2n) is 2.46. The lowest BCUT2D eigenvalue weighted by Gasteiger charge is -2.09. The first-order valence-corrected chi connectivity index (χ1v) is 5.14. The zero-order valence-corrected chi connectivity index (χ0v) is 7.81. The number of nitrogens with one attached hydrogen (secondary N) is 1. The van der Waals surface area contributed by atoms with Crippen LogP contribution >= 0.6 is 11.8 Å². The predicted molar refractivity (Wildman–Crippen MR) is 55.6 cm³/mol. The Bertz CT molecular complexity index is 207. The third kappa shape index (κ3) is 3.53. The SMILES string of the molecule is NC=CCSCC1=CCC=CN1. The fourth-order valence-corrected chi connectivity index (χ4v) is 1.68. The van der Waals surface area contributed by atoms with Gasteiger partial charge in [0.25, 0.3) is 0 Å². The summed E-state index contributed by atoms with van der Waals surface area (Å²) in [5, 5.41) is 3.20. The van der Waals surface area contributed by atoms with Gasteiger partial charge in [0, 0.05) is 17.2 Å². The van der Waals surface area contributed by atoms with Gasteiger partial charge in [0.1, 0.15) is 0 Å². The van der Waals surface area contributed by atoms with Crippen LogP contribution in [0.3, 0.4) is 0 Å². The Morgan fingerprint density at radius 1 is 1.67 bits per heavy atom. The zero-order chi connectivity index (χ0) is 8.65. The highest BCUT2D eigenvalue weighted by Gasteiger charge is 1.96. The van der Waals surface area contributed by atoms with Crippen LogP contribution in [-0.4, -0.2) is 11.5 Å². The molecule has 1 aliphatic rings. The Balaban J connectivity index is 2.10. The Morgan fingerprint density at radius 2 is 2.58 bits per heavy atom. The molecule has 0 radical (unpaired) electrons. The average Bonchev–Trinajstić information content (AvgIpc) is 2.14.